The van der Waals surface area contributed by atoms with Crippen molar-refractivity contribution in [3.63, 3.8) is 0 Å². The van der Waals surface area contributed by atoms with Crippen LogP contribution < -0.4 is 5.63 Å². The molecular weight excluding hydrogens is 326 g/mol. The van der Waals surface area contributed by atoms with Crippen LogP contribution in [0.4, 0.5) is 0 Å². The number of benzene rings is 1. The normalized spacial score (nSPS) is 11.0. The van der Waals surface area contributed by atoms with Crippen LogP contribution in [-0.2, 0) is 11.3 Å². The number of carbonyl (C=O) groups is 1. The molecule has 24 heavy (non-hydrogen) atoms. The van der Waals surface area contributed by atoms with E-state index >= 15 is 0 Å². The van der Waals surface area contributed by atoms with Crippen LogP contribution in [0.15, 0.2) is 27.4 Å². The van der Waals surface area contributed by atoms with Crippen molar-refractivity contribution in [2.24, 2.45) is 0 Å². The Bertz CT molecular complexity index is 1000. The Kier molecular flexibility index (Phi) is 4.24. The summed E-state index contributed by atoms with van der Waals surface area (Å²) in [5.41, 5.74) is 3.33. The molecule has 0 spiro atoms. The first-order valence-corrected chi connectivity index (χ1v) is 8.32. The predicted octanol–water partition coefficient (Wildman–Crippen LogP) is 3.84. The fourth-order valence-corrected chi connectivity index (χ4v) is 3.39. The number of thiazole rings is 1. The second-order valence-electron chi connectivity index (χ2n) is 5.70. The number of hydrogen-bond donors (Lipinski definition) is 0. The van der Waals surface area contributed by atoms with Crippen molar-refractivity contribution in [3.05, 3.63) is 60.9 Å². The second-order valence-corrected chi connectivity index (χ2v) is 6.90. The molecule has 0 atom stereocenters. The maximum Gasteiger partial charge on any atom is 0.350 e. The summed E-state index contributed by atoms with van der Waals surface area (Å²) >= 11 is 1.30. The number of rotatable bonds is 3. The number of carbonyl (C=O) groups excluding carboxylic acids is 1. The van der Waals surface area contributed by atoms with Crippen molar-refractivity contribution >= 4 is 28.3 Å². The molecule has 2 heterocycles. The minimum absolute atomic E-state index is 0.0137. The van der Waals surface area contributed by atoms with Gasteiger partial charge in [-0.2, -0.15) is 0 Å². The average Bonchev–Trinajstić information content (AvgIpc) is 2.87. The molecule has 0 bridgehead atoms. The van der Waals surface area contributed by atoms with E-state index in [4.69, 9.17) is 9.15 Å². The van der Waals surface area contributed by atoms with Crippen molar-refractivity contribution in [1.82, 2.24) is 4.98 Å². The van der Waals surface area contributed by atoms with Gasteiger partial charge in [0.25, 0.3) is 0 Å². The highest BCUT2D eigenvalue weighted by atomic mass is 32.1. The Morgan fingerprint density at radius 1 is 1.25 bits per heavy atom. The van der Waals surface area contributed by atoms with E-state index in [-0.39, 0.29) is 6.61 Å². The number of hydrogen-bond acceptors (Lipinski definition) is 6. The molecule has 0 aliphatic carbocycles. The molecule has 0 amide bonds. The van der Waals surface area contributed by atoms with Gasteiger partial charge in [-0.1, -0.05) is 12.1 Å². The van der Waals surface area contributed by atoms with Gasteiger partial charge >= 0.3 is 11.6 Å². The van der Waals surface area contributed by atoms with Gasteiger partial charge in [-0.25, -0.2) is 14.6 Å². The Balaban J connectivity index is 1.93. The van der Waals surface area contributed by atoms with Crippen LogP contribution in [0.5, 0.6) is 0 Å². The molecule has 3 aromatic rings. The Hall–Kier alpha value is -2.47. The van der Waals surface area contributed by atoms with Gasteiger partial charge in [0.1, 0.15) is 17.1 Å². The highest BCUT2D eigenvalue weighted by Gasteiger charge is 2.17. The lowest BCUT2D eigenvalue weighted by Gasteiger charge is -2.09. The van der Waals surface area contributed by atoms with E-state index in [9.17, 15) is 9.59 Å². The maximum absolute atomic E-state index is 12.2. The third-order valence-corrected chi connectivity index (χ3v) is 5.02. The smallest absolute Gasteiger partial charge is 0.350 e. The van der Waals surface area contributed by atoms with Crippen molar-refractivity contribution < 1.29 is 13.9 Å². The zero-order valence-electron chi connectivity index (χ0n) is 13.9. The van der Waals surface area contributed by atoms with Gasteiger partial charge in [0.2, 0.25) is 0 Å². The van der Waals surface area contributed by atoms with Gasteiger partial charge in [-0.15, -0.1) is 11.3 Å². The number of nitrogens with zero attached hydrogens (tertiary/aromatic N) is 1. The zero-order chi connectivity index (χ0) is 17.4. The van der Waals surface area contributed by atoms with Crippen molar-refractivity contribution in [1.29, 1.82) is 0 Å². The standard InChI is InChI=1S/C18H17NO4S/c1-9-5-6-14-13(7-15(20)23-16(14)10(9)2)8-22-18(21)17-11(3)19-12(4)24-17/h5-7H,8H2,1-4H3. The molecule has 124 valence electrons. The van der Waals surface area contributed by atoms with Crippen LogP contribution in [0.25, 0.3) is 11.0 Å². The van der Waals surface area contributed by atoms with E-state index in [1.54, 1.807) is 6.92 Å². The first kappa shape index (κ1) is 16.4. The van der Waals surface area contributed by atoms with Crippen LogP contribution >= 0.6 is 11.3 Å². The molecule has 0 fully saturated rings. The summed E-state index contributed by atoms with van der Waals surface area (Å²) in [6, 6.07) is 5.21. The van der Waals surface area contributed by atoms with E-state index in [1.807, 2.05) is 32.9 Å². The molecule has 0 aliphatic rings. The van der Waals surface area contributed by atoms with Crippen molar-refractivity contribution in [2.45, 2.75) is 34.3 Å². The first-order chi connectivity index (χ1) is 11.4. The number of ether oxygens (including phenoxy) is 1. The van der Waals surface area contributed by atoms with Crippen molar-refractivity contribution in [2.75, 3.05) is 0 Å². The van der Waals surface area contributed by atoms with Crippen LogP contribution in [-0.4, -0.2) is 11.0 Å². The lowest BCUT2D eigenvalue weighted by molar-refractivity contribution is 0.0478. The van der Waals surface area contributed by atoms with Crippen LogP contribution in [0.3, 0.4) is 0 Å². The average molecular weight is 343 g/mol. The molecule has 0 saturated heterocycles. The summed E-state index contributed by atoms with van der Waals surface area (Å²) in [6.07, 6.45) is 0. The molecule has 6 heteroatoms. The monoisotopic (exact) mass is 343 g/mol. The van der Waals surface area contributed by atoms with Crippen LogP contribution in [0.1, 0.15) is 37.1 Å². The first-order valence-electron chi connectivity index (χ1n) is 7.51. The summed E-state index contributed by atoms with van der Waals surface area (Å²) in [7, 11) is 0. The van der Waals surface area contributed by atoms with Gasteiger partial charge in [0, 0.05) is 17.0 Å². The molecule has 1 aromatic carbocycles. The molecule has 2 aromatic heterocycles. The van der Waals surface area contributed by atoms with Gasteiger partial charge < -0.3 is 9.15 Å². The maximum atomic E-state index is 12.2. The fourth-order valence-electron chi connectivity index (χ4n) is 2.57. The highest BCUT2D eigenvalue weighted by Crippen LogP contribution is 2.24. The lowest BCUT2D eigenvalue weighted by Crippen LogP contribution is -2.08. The van der Waals surface area contributed by atoms with E-state index in [0.29, 0.717) is 21.7 Å². The number of esters is 1. The zero-order valence-corrected chi connectivity index (χ0v) is 14.7. The van der Waals surface area contributed by atoms with Crippen LogP contribution in [0.2, 0.25) is 0 Å². The summed E-state index contributed by atoms with van der Waals surface area (Å²) < 4.78 is 10.7. The largest absolute Gasteiger partial charge is 0.457 e. The minimum Gasteiger partial charge on any atom is -0.457 e. The highest BCUT2D eigenvalue weighted by molar-refractivity contribution is 7.13. The predicted molar refractivity (Wildman–Crippen MR) is 92.7 cm³/mol. The summed E-state index contributed by atoms with van der Waals surface area (Å²) in [5.74, 6) is -0.427. The third-order valence-electron chi connectivity index (χ3n) is 3.97. The molecule has 0 aliphatic heterocycles. The van der Waals surface area contributed by atoms with Crippen molar-refractivity contribution in [3.8, 4) is 0 Å². The molecule has 0 saturated carbocycles. The summed E-state index contributed by atoms with van der Waals surface area (Å²) in [5, 5.41) is 1.60. The van der Waals surface area contributed by atoms with E-state index in [0.717, 1.165) is 21.5 Å². The molecule has 0 radical (unpaired) electrons. The van der Waals surface area contributed by atoms with E-state index in [2.05, 4.69) is 4.98 Å². The molecule has 3 rings (SSSR count). The number of aromatic nitrogens is 1. The Labute approximate surface area is 142 Å². The van der Waals surface area contributed by atoms with E-state index < -0.39 is 11.6 Å². The molecule has 0 N–H and O–H groups in total. The third kappa shape index (κ3) is 2.97. The van der Waals surface area contributed by atoms with Gasteiger partial charge in [-0.05, 0) is 38.8 Å². The van der Waals surface area contributed by atoms with Gasteiger partial charge in [0.05, 0.1) is 10.7 Å². The molecule has 0 unspecified atom stereocenters. The minimum atomic E-state index is -0.452. The lowest BCUT2D eigenvalue weighted by atomic mass is 10.0. The van der Waals surface area contributed by atoms with Crippen LogP contribution in [0, 0.1) is 27.7 Å². The quantitative estimate of drug-likeness (QED) is 0.534. The SMILES string of the molecule is Cc1nc(C)c(C(=O)OCc2cc(=O)oc3c(C)c(C)ccc23)s1. The summed E-state index contributed by atoms with van der Waals surface area (Å²) in [4.78, 5) is 28.8. The van der Waals surface area contributed by atoms with E-state index in [1.165, 1.54) is 17.4 Å². The van der Waals surface area contributed by atoms with Gasteiger partial charge in [0.15, 0.2) is 0 Å². The topological polar surface area (TPSA) is 69.4 Å². The number of fused-ring (bicyclic) bond motifs is 1. The number of aryl methyl sites for hydroxylation is 4. The molecular formula is C18H17NO4S. The second kappa shape index (κ2) is 6.20. The van der Waals surface area contributed by atoms with Gasteiger partial charge in [-0.3, -0.25) is 0 Å². The summed E-state index contributed by atoms with van der Waals surface area (Å²) in [6.45, 7) is 7.49. The molecule has 5 nitrogen and oxygen atoms in total. The Morgan fingerprint density at radius 3 is 2.67 bits per heavy atom. The Morgan fingerprint density at radius 2 is 2.00 bits per heavy atom. The fraction of sp³-hybridized carbons (Fsp3) is 0.278.